The van der Waals surface area contributed by atoms with E-state index < -0.39 is 6.04 Å². The maximum Gasteiger partial charge on any atom is 0.244 e. The van der Waals surface area contributed by atoms with Crippen molar-refractivity contribution in [2.24, 2.45) is 11.8 Å². The quantitative estimate of drug-likeness (QED) is 0.831. The number of carbonyl (C=O) groups is 1. The van der Waals surface area contributed by atoms with Crippen molar-refractivity contribution in [1.29, 1.82) is 0 Å². The highest BCUT2D eigenvalue weighted by Crippen LogP contribution is 2.32. The van der Waals surface area contributed by atoms with Crippen molar-refractivity contribution < 1.29 is 13.9 Å². The SMILES string of the molecule is Cl.Cl.O=C(C(c1ccccc1F)N1CCOCC1)N1C[C@H]2CNC[C@H]2C1. The number of morpholine rings is 1. The number of hydrogen-bond acceptors (Lipinski definition) is 4. The summed E-state index contributed by atoms with van der Waals surface area (Å²) in [5.74, 6) is 0.819. The first-order valence-electron chi connectivity index (χ1n) is 8.80. The van der Waals surface area contributed by atoms with Crippen molar-refractivity contribution in [2.75, 3.05) is 52.5 Å². The number of halogens is 3. The Balaban J connectivity index is 0.00000121. The number of nitrogens with zero attached hydrogens (tertiary/aromatic N) is 2. The summed E-state index contributed by atoms with van der Waals surface area (Å²) >= 11 is 0. The van der Waals surface area contributed by atoms with E-state index in [0.717, 1.165) is 26.2 Å². The molecule has 1 unspecified atom stereocenters. The molecule has 3 fully saturated rings. The number of likely N-dealkylation sites (tertiary alicyclic amines) is 1. The molecule has 3 atom stereocenters. The third-order valence-corrected chi connectivity index (χ3v) is 5.55. The van der Waals surface area contributed by atoms with Gasteiger partial charge in [-0.15, -0.1) is 24.8 Å². The molecule has 0 saturated carbocycles. The van der Waals surface area contributed by atoms with E-state index in [1.54, 1.807) is 12.1 Å². The largest absolute Gasteiger partial charge is 0.379 e. The summed E-state index contributed by atoms with van der Waals surface area (Å²) in [5, 5.41) is 3.39. The monoisotopic (exact) mass is 405 g/mol. The summed E-state index contributed by atoms with van der Waals surface area (Å²) in [7, 11) is 0. The average Bonchev–Trinajstić information content (AvgIpc) is 3.19. The van der Waals surface area contributed by atoms with Gasteiger partial charge >= 0.3 is 0 Å². The van der Waals surface area contributed by atoms with Crippen LogP contribution in [0.4, 0.5) is 4.39 Å². The fourth-order valence-electron chi connectivity index (χ4n) is 4.23. The third kappa shape index (κ3) is 4.15. The minimum Gasteiger partial charge on any atom is -0.379 e. The second-order valence-electron chi connectivity index (χ2n) is 6.99. The third-order valence-electron chi connectivity index (χ3n) is 5.55. The van der Waals surface area contributed by atoms with Gasteiger partial charge in [0, 0.05) is 44.8 Å². The molecule has 0 spiro atoms. The number of carbonyl (C=O) groups excluding carboxylic acids is 1. The summed E-state index contributed by atoms with van der Waals surface area (Å²) < 4.78 is 19.8. The molecule has 8 heteroatoms. The van der Waals surface area contributed by atoms with Crippen molar-refractivity contribution in [3.63, 3.8) is 0 Å². The van der Waals surface area contributed by atoms with Crippen molar-refractivity contribution in [3.8, 4) is 0 Å². The molecule has 4 rings (SSSR count). The van der Waals surface area contributed by atoms with Gasteiger partial charge in [-0.2, -0.15) is 0 Å². The van der Waals surface area contributed by atoms with Crippen molar-refractivity contribution >= 4 is 30.7 Å². The van der Waals surface area contributed by atoms with E-state index in [4.69, 9.17) is 4.74 Å². The number of nitrogens with one attached hydrogen (secondary N) is 1. The van der Waals surface area contributed by atoms with E-state index >= 15 is 0 Å². The molecule has 0 aliphatic carbocycles. The highest BCUT2D eigenvalue weighted by molar-refractivity contribution is 5.85. The van der Waals surface area contributed by atoms with Gasteiger partial charge in [0.25, 0.3) is 0 Å². The molecule has 3 saturated heterocycles. The molecular weight excluding hydrogens is 380 g/mol. The Kier molecular flexibility index (Phi) is 7.67. The molecule has 5 nitrogen and oxygen atoms in total. The van der Waals surface area contributed by atoms with E-state index in [0.29, 0.717) is 43.7 Å². The first kappa shape index (κ1) is 21.4. The van der Waals surface area contributed by atoms with Crippen LogP contribution in [0.15, 0.2) is 24.3 Å². The summed E-state index contributed by atoms with van der Waals surface area (Å²) in [5.41, 5.74) is 0.486. The normalized spacial score (nSPS) is 26.6. The predicted molar refractivity (Wildman–Crippen MR) is 102 cm³/mol. The van der Waals surface area contributed by atoms with Gasteiger partial charge in [0.1, 0.15) is 11.9 Å². The molecule has 1 amide bonds. The van der Waals surface area contributed by atoms with Gasteiger partial charge in [-0.05, 0) is 17.9 Å². The Morgan fingerprint density at radius 2 is 1.73 bits per heavy atom. The van der Waals surface area contributed by atoms with E-state index in [9.17, 15) is 9.18 Å². The second kappa shape index (κ2) is 9.33. The fraction of sp³-hybridized carbons (Fsp3) is 0.611. The van der Waals surface area contributed by atoms with Crippen LogP contribution in [0.5, 0.6) is 0 Å². The van der Waals surface area contributed by atoms with Gasteiger partial charge in [0.15, 0.2) is 0 Å². The summed E-state index contributed by atoms with van der Waals surface area (Å²) in [4.78, 5) is 17.3. The van der Waals surface area contributed by atoms with Crippen LogP contribution in [0.3, 0.4) is 0 Å². The molecule has 26 heavy (non-hydrogen) atoms. The number of hydrogen-bond donors (Lipinski definition) is 1. The first-order valence-corrected chi connectivity index (χ1v) is 8.80. The summed E-state index contributed by atoms with van der Waals surface area (Å²) in [6.07, 6.45) is 0. The number of amides is 1. The molecule has 0 radical (unpaired) electrons. The van der Waals surface area contributed by atoms with E-state index in [-0.39, 0.29) is 36.5 Å². The predicted octanol–water partition coefficient (Wildman–Crippen LogP) is 1.72. The lowest BCUT2D eigenvalue weighted by Gasteiger charge is -2.36. The standard InChI is InChI=1S/C18H24FN3O2.2ClH/c19-16-4-2-1-3-15(16)17(21-5-7-24-8-6-21)18(23)22-11-13-9-20-10-14(13)12-22;;/h1-4,13-14,17,20H,5-12H2;2*1H/t13-,14+,17?;;. The molecule has 0 bridgehead atoms. The van der Waals surface area contributed by atoms with Gasteiger partial charge in [0.2, 0.25) is 5.91 Å². The maximum absolute atomic E-state index is 14.4. The van der Waals surface area contributed by atoms with Crippen LogP contribution in [0.2, 0.25) is 0 Å². The van der Waals surface area contributed by atoms with Gasteiger partial charge in [-0.1, -0.05) is 18.2 Å². The zero-order valence-electron chi connectivity index (χ0n) is 14.6. The fourth-order valence-corrected chi connectivity index (χ4v) is 4.23. The van der Waals surface area contributed by atoms with Crippen molar-refractivity contribution in [3.05, 3.63) is 35.6 Å². The van der Waals surface area contributed by atoms with E-state index in [1.807, 2.05) is 11.0 Å². The molecule has 146 valence electrons. The Labute approximate surface area is 166 Å². The van der Waals surface area contributed by atoms with Crippen LogP contribution in [0, 0.1) is 17.7 Å². The molecule has 0 aromatic heterocycles. The number of benzene rings is 1. The second-order valence-corrected chi connectivity index (χ2v) is 6.99. The van der Waals surface area contributed by atoms with Crippen molar-refractivity contribution in [1.82, 2.24) is 15.1 Å². The molecule has 1 aromatic rings. The van der Waals surface area contributed by atoms with Crippen LogP contribution in [-0.2, 0) is 9.53 Å². The number of fused-ring (bicyclic) bond motifs is 1. The van der Waals surface area contributed by atoms with E-state index in [1.165, 1.54) is 6.07 Å². The minimum absolute atomic E-state index is 0. The zero-order valence-corrected chi connectivity index (χ0v) is 16.2. The lowest BCUT2D eigenvalue weighted by Crippen LogP contribution is -2.47. The van der Waals surface area contributed by atoms with Crippen LogP contribution in [0.25, 0.3) is 0 Å². The highest BCUT2D eigenvalue weighted by atomic mass is 35.5. The topological polar surface area (TPSA) is 44.8 Å². The Bertz CT molecular complexity index is 604. The smallest absolute Gasteiger partial charge is 0.244 e. The molecule has 1 aromatic carbocycles. The van der Waals surface area contributed by atoms with Gasteiger partial charge in [0.05, 0.1) is 13.2 Å². The van der Waals surface area contributed by atoms with Crippen LogP contribution >= 0.6 is 24.8 Å². The molecule has 3 aliphatic heterocycles. The summed E-state index contributed by atoms with van der Waals surface area (Å²) in [6, 6.07) is 6.12. The molecular formula is C18H26Cl2FN3O2. The summed E-state index contributed by atoms with van der Waals surface area (Å²) in [6.45, 7) is 6.03. The van der Waals surface area contributed by atoms with Crippen molar-refractivity contribution in [2.45, 2.75) is 6.04 Å². The molecule has 1 N–H and O–H groups in total. The maximum atomic E-state index is 14.4. The highest BCUT2D eigenvalue weighted by Gasteiger charge is 2.42. The Morgan fingerprint density at radius 3 is 2.35 bits per heavy atom. The van der Waals surface area contributed by atoms with Crippen LogP contribution in [0.1, 0.15) is 11.6 Å². The van der Waals surface area contributed by atoms with Crippen LogP contribution in [-0.4, -0.2) is 68.2 Å². The van der Waals surface area contributed by atoms with Gasteiger partial charge in [-0.25, -0.2) is 4.39 Å². The lowest BCUT2D eigenvalue weighted by atomic mass is 10.0. The Hall–Kier alpha value is -0.920. The van der Waals surface area contributed by atoms with E-state index in [2.05, 4.69) is 10.2 Å². The first-order chi connectivity index (χ1) is 11.7. The Morgan fingerprint density at radius 1 is 1.12 bits per heavy atom. The zero-order chi connectivity index (χ0) is 16.5. The number of ether oxygens (including phenoxy) is 1. The number of rotatable bonds is 3. The molecule has 3 aliphatic rings. The minimum atomic E-state index is -0.540. The van der Waals surface area contributed by atoms with Gasteiger partial charge in [-0.3, -0.25) is 9.69 Å². The van der Waals surface area contributed by atoms with Gasteiger partial charge < -0.3 is 15.0 Å². The molecule has 3 heterocycles. The lowest BCUT2D eigenvalue weighted by molar-refractivity contribution is -0.138. The average molecular weight is 406 g/mol. The van der Waals surface area contributed by atoms with Crippen LogP contribution < -0.4 is 5.32 Å².